The summed E-state index contributed by atoms with van der Waals surface area (Å²) in [6, 6.07) is 3.68. The lowest BCUT2D eigenvalue weighted by Gasteiger charge is -2.27. The molecule has 0 saturated heterocycles. The van der Waals surface area contributed by atoms with E-state index in [1.54, 1.807) is 0 Å². The predicted molar refractivity (Wildman–Crippen MR) is 119 cm³/mol. The molecule has 0 aliphatic heterocycles. The van der Waals surface area contributed by atoms with E-state index in [4.69, 9.17) is 0 Å². The highest BCUT2D eigenvalue weighted by molar-refractivity contribution is 5.32. The molecule has 0 nitrogen and oxygen atoms in total. The molecule has 29 heavy (non-hydrogen) atoms. The summed E-state index contributed by atoms with van der Waals surface area (Å²) in [5, 5.41) is 0. The minimum atomic E-state index is -0.614. The summed E-state index contributed by atoms with van der Waals surface area (Å²) in [5.74, 6) is 0.697. The lowest BCUT2D eigenvalue weighted by Crippen LogP contribution is -2.14. The molecule has 2 atom stereocenters. The topological polar surface area (TPSA) is 0 Å². The lowest BCUT2D eigenvalue weighted by atomic mass is 9.79. The monoisotopic (exact) mass is 400 g/mol. The van der Waals surface area contributed by atoms with Crippen LogP contribution >= 0.6 is 0 Å². The molecular weight excluding hydrogens is 362 g/mol. The van der Waals surface area contributed by atoms with Gasteiger partial charge in [-0.05, 0) is 86.7 Å². The van der Waals surface area contributed by atoms with Crippen molar-refractivity contribution in [3.63, 3.8) is 0 Å². The van der Waals surface area contributed by atoms with Gasteiger partial charge < -0.3 is 0 Å². The van der Waals surface area contributed by atoms with E-state index in [1.807, 2.05) is 12.1 Å². The van der Waals surface area contributed by atoms with Gasteiger partial charge in [0.25, 0.3) is 0 Å². The van der Waals surface area contributed by atoms with E-state index in [9.17, 15) is 8.78 Å². The van der Waals surface area contributed by atoms with E-state index in [0.29, 0.717) is 35.3 Å². The first kappa shape index (κ1) is 22.2. The number of hydrogen-bond donors (Lipinski definition) is 0. The Balaban J connectivity index is 1.55. The molecule has 2 aliphatic rings. The van der Waals surface area contributed by atoms with Crippen LogP contribution in [-0.4, -0.2) is 0 Å². The van der Waals surface area contributed by atoms with Crippen LogP contribution in [0.25, 0.3) is 0 Å². The van der Waals surface area contributed by atoms with E-state index >= 15 is 0 Å². The zero-order valence-corrected chi connectivity index (χ0v) is 18.1. The smallest absolute Gasteiger partial charge is 0.162 e. The number of halogens is 2. The second-order valence-corrected chi connectivity index (χ2v) is 9.32. The summed E-state index contributed by atoms with van der Waals surface area (Å²) in [6.07, 6.45) is 19.8. The summed E-state index contributed by atoms with van der Waals surface area (Å²) in [6.45, 7) is 6.12. The van der Waals surface area contributed by atoms with Gasteiger partial charge in [0.05, 0.1) is 0 Å². The molecule has 1 aromatic carbocycles. The SMILES string of the molecule is C=CC1CCC(CCc2ccc(C3C=CC(CCCCC)CC3)c(F)c2F)CC1. The fourth-order valence-electron chi connectivity index (χ4n) is 5.19. The molecule has 0 spiro atoms. The molecule has 0 radical (unpaired) electrons. The predicted octanol–water partition coefficient (Wildman–Crippen LogP) is 8.52. The molecule has 1 saturated carbocycles. The van der Waals surface area contributed by atoms with Gasteiger partial charge in [-0.1, -0.05) is 56.5 Å². The Morgan fingerprint density at radius 1 is 0.931 bits per heavy atom. The summed E-state index contributed by atoms with van der Waals surface area (Å²) >= 11 is 0. The van der Waals surface area contributed by atoms with Crippen LogP contribution in [0.1, 0.15) is 94.6 Å². The van der Waals surface area contributed by atoms with Gasteiger partial charge in [-0.25, -0.2) is 8.78 Å². The summed E-state index contributed by atoms with van der Waals surface area (Å²) in [5.41, 5.74) is 1.09. The molecule has 0 aromatic heterocycles. The summed E-state index contributed by atoms with van der Waals surface area (Å²) in [7, 11) is 0. The van der Waals surface area contributed by atoms with Gasteiger partial charge in [0, 0.05) is 5.92 Å². The van der Waals surface area contributed by atoms with Crippen molar-refractivity contribution in [1.29, 1.82) is 0 Å². The molecule has 2 heteroatoms. The first-order valence-electron chi connectivity index (χ1n) is 11.9. The van der Waals surface area contributed by atoms with E-state index in [1.165, 1.54) is 51.4 Å². The van der Waals surface area contributed by atoms with Crippen molar-refractivity contribution in [2.45, 2.75) is 89.9 Å². The van der Waals surface area contributed by atoms with Crippen molar-refractivity contribution in [2.24, 2.45) is 17.8 Å². The van der Waals surface area contributed by atoms with Gasteiger partial charge in [0.15, 0.2) is 11.6 Å². The van der Waals surface area contributed by atoms with Gasteiger partial charge in [-0.2, -0.15) is 0 Å². The van der Waals surface area contributed by atoms with Crippen molar-refractivity contribution in [2.75, 3.05) is 0 Å². The van der Waals surface area contributed by atoms with Crippen molar-refractivity contribution < 1.29 is 8.78 Å². The van der Waals surface area contributed by atoms with Crippen LogP contribution in [0, 0.1) is 29.4 Å². The lowest BCUT2D eigenvalue weighted by molar-refractivity contribution is 0.295. The molecule has 3 rings (SSSR count). The molecule has 2 aliphatic carbocycles. The Morgan fingerprint density at radius 3 is 2.38 bits per heavy atom. The Bertz CT molecular complexity index is 682. The van der Waals surface area contributed by atoms with Crippen LogP contribution in [0.15, 0.2) is 36.9 Å². The molecule has 2 unspecified atom stereocenters. The average molecular weight is 401 g/mol. The van der Waals surface area contributed by atoms with Crippen molar-refractivity contribution in [3.05, 3.63) is 59.7 Å². The number of unbranched alkanes of at least 4 members (excludes halogenated alkanes) is 2. The molecule has 0 amide bonds. The third-order valence-electron chi connectivity index (χ3n) is 7.28. The number of hydrogen-bond acceptors (Lipinski definition) is 0. The second-order valence-electron chi connectivity index (χ2n) is 9.32. The van der Waals surface area contributed by atoms with Crippen LogP contribution in [0.2, 0.25) is 0 Å². The maximum atomic E-state index is 14.8. The normalized spacial score (nSPS) is 27.1. The van der Waals surface area contributed by atoms with Gasteiger partial charge in [0.1, 0.15) is 0 Å². The Hall–Kier alpha value is -1.44. The number of aryl methyl sites for hydroxylation is 1. The highest BCUT2D eigenvalue weighted by Gasteiger charge is 2.24. The van der Waals surface area contributed by atoms with E-state index < -0.39 is 11.6 Å². The minimum Gasteiger partial charge on any atom is -0.203 e. The highest BCUT2D eigenvalue weighted by Crippen LogP contribution is 2.36. The molecule has 0 bridgehead atoms. The van der Waals surface area contributed by atoms with E-state index in [-0.39, 0.29) is 5.92 Å². The fraction of sp³-hybridized carbons (Fsp3) is 0.630. The fourth-order valence-corrected chi connectivity index (χ4v) is 5.19. The average Bonchev–Trinajstić information content (AvgIpc) is 2.76. The maximum absolute atomic E-state index is 14.8. The molecule has 1 aromatic rings. The van der Waals surface area contributed by atoms with Gasteiger partial charge in [0.2, 0.25) is 0 Å². The molecule has 1 fully saturated rings. The Kier molecular flexibility index (Phi) is 8.51. The zero-order valence-electron chi connectivity index (χ0n) is 18.1. The third kappa shape index (κ3) is 6.03. The van der Waals surface area contributed by atoms with Crippen molar-refractivity contribution in [1.82, 2.24) is 0 Å². The summed E-state index contributed by atoms with van der Waals surface area (Å²) < 4.78 is 29.6. The van der Waals surface area contributed by atoms with Crippen LogP contribution in [0.3, 0.4) is 0 Å². The first-order chi connectivity index (χ1) is 14.1. The quantitative estimate of drug-likeness (QED) is 0.288. The third-order valence-corrected chi connectivity index (χ3v) is 7.28. The maximum Gasteiger partial charge on any atom is 0.162 e. The number of rotatable bonds is 9. The second kappa shape index (κ2) is 11.1. The molecule has 0 heterocycles. The minimum absolute atomic E-state index is 0.0233. The molecule has 0 N–H and O–H groups in total. The molecule has 160 valence electrons. The van der Waals surface area contributed by atoms with Gasteiger partial charge >= 0.3 is 0 Å². The Morgan fingerprint density at radius 2 is 1.72 bits per heavy atom. The largest absolute Gasteiger partial charge is 0.203 e. The van der Waals surface area contributed by atoms with Gasteiger partial charge in [-0.3, -0.25) is 0 Å². The number of allylic oxidation sites excluding steroid dienone is 3. The van der Waals surface area contributed by atoms with Crippen LogP contribution in [0.5, 0.6) is 0 Å². The number of benzene rings is 1. The van der Waals surface area contributed by atoms with E-state index in [0.717, 1.165) is 19.3 Å². The van der Waals surface area contributed by atoms with Crippen molar-refractivity contribution >= 4 is 0 Å². The highest BCUT2D eigenvalue weighted by atomic mass is 19.2. The van der Waals surface area contributed by atoms with Crippen molar-refractivity contribution in [3.8, 4) is 0 Å². The standard InChI is InChI=1S/C27H38F2/c1-3-5-6-7-21-12-15-23(16-13-21)25-19-18-24(26(28)27(25)29)17-14-22-10-8-20(4-2)9-11-22/h4,12,15,18-23H,2-3,5-11,13-14,16-17H2,1H3. The zero-order chi connectivity index (χ0) is 20.6. The van der Waals surface area contributed by atoms with Gasteiger partial charge in [-0.15, -0.1) is 6.58 Å². The first-order valence-corrected chi connectivity index (χ1v) is 11.9. The van der Waals surface area contributed by atoms with Crippen LogP contribution < -0.4 is 0 Å². The van der Waals surface area contributed by atoms with Crippen LogP contribution in [0.4, 0.5) is 8.78 Å². The Labute approximate surface area is 176 Å². The van der Waals surface area contributed by atoms with Crippen LogP contribution in [-0.2, 0) is 6.42 Å². The molecular formula is C27H38F2. The van der Waals surface area contributed by atoms with E-state index in [2.05, 4.69) is 31.7 Å². The summed E-state index contributed by atoms with van der Waals surface area (Å²) in [4.78, 5) is 0.